The van der Waals surface area contributed by atoms with Gasteiger partial charge in [0.15, 0.2) is 10.9 Å². The second-order valence-corrected chi connectivity index (χ2v) is 11.8. The molecule has 1 fully saturated rings. The highest BCUT2D eigenvalue weighted by atomic mass is 35.5. The quantitative estimate of drug-likeness (QED) is 0.507. The van der Waals surface area contributed by atoms with E-state index in [2.05, 4.69) is 10.3 Å². The largest absolute Gasteiger partial charge is 0.301 e. The Kier molecular flexibility index (Phi) is 6.27. The number of thiophene rings is 1. The van der Waals surface area contributed by atoms with Gasteiger partial charge in [-0.25, -0.2) is 13.4 Å². The molecule has 1 saturated heterocycles. The van der Waals surface area contributed by atoms with Crippen molar-refractivity contribution in [2.45, 2.75) is 30.0 Å². The Balaban J connectivity index is 1.59. The number of nitrogens with one attached hydrogen (secondary N) is 1. The minimum Gasteiger partial charge on any atom is -0.301 e. The van der Waals surface area contributed by atoms with E-state index in [1.807, 2.05) is 30.3 Å². The molecular formula is C20H18ClN3O4S3. The lowest BCUT2D eigenvalue weighted by atomic mass is 10.1. The minimum absolute atomic E-state index is 0.108. The molecule has 31 heavy (non-hydrogen) atoms. The number of aromatic nitrogens is 1. The van der Waals surface area contributed by atoms with Crippen molar-refractivity contribution in [2.24, 2.45) is 0 Å². The van der Waals surface area contributed by atoms with Crippen LogP contribution in [0.3, 0.4) is 0 Å². The molecule has 7 nitrogen and oxygen atoms in total. The molecule has 0 radical (unpaired) electrons. The number of benzene rings is 1. The molecule has 3 aromatic rings. The molecule has 0 spiro atoms. The Bertz CT molecular complexity index is 1240. The summed E-state index contributed by atoms with van der Waals surface area (Å²) >= 11 is 7.94. The van der Waals surface area contributed by atoms with Crippen LogP contribution in [-0.2, 0) is 14.8 Å². The lowest BCUT2D eigenvalue weighted by Gasteiger charge is -2.22. The van der Waals surface area contributed by atoms with Crippen molar-refractivity contribution in [1.82, 2.24) is 9.29 Å². The number of anilines is 1. The average molecular weight is 496 g/mol. The van der Waals surface area contributed by atoms with Gasteiger partial charge in [-0.05, 0) is 25.0 Å². The fraction of sp³-hybridized carbons (Fsp3) is 0.250. The third-order valence-electron chi connectivity index (χ3n) is 4.84. The van der Waals surface area contributed by atoms with Crippen LogP contribution in [0.25, 0.3) is 11.3 Å². The summed E-state index contributed by atoms with van der Waals surface area (Å²) in [6, 6.07) is 11.3. The number of hydrogen-bond acceptors (Lipinski definition) is 7. The van der Waals surface area contributed by atoms with E-state index in [1.54, 1.807) is 0 Å². The summed E-state index contributed by atoms with van der Waals surface area (Å²) in [5.74, 6) is -0.622. The van der Waals surface area contributed by atoms with Crippen molar-refractivity contribution in [3.05, 3.63) is 51.7 Å². The van der Waals surface area contributed by atoms with E-state index in [4.69, 9.17) is 11.6 Å². The first-order valence-corrected chi connectivity index (χ1v) is 12.9. The first-order valence-electron chi connectivity index (χ1n) is 9.42. The number of hydrogen-bond donors (Lipinski definition) is 1. The standard InChI is InChI=1S/C20H18ClN3O4S3/c1-12(25)18-17(13-6-3-2-4-7-13)22-20(30-18)23-19(26)14-8-5-11-24(14)31(27,28)16-10-9-15(21)29-16/h2-4,6-7,9-10,14H,5,8,11H2,1H3,(H,22,23,26)/t14-/m1/s1. The van der Waals surface area contributed by atoms with Gasteiger partial charge in [0, 0.05) is 19.0 Å². The molecule has 0 bridgehead atoms. The molecule has 0 unspecified atom stereocenters. The summed E-state index contributed by atoms with van der Waals surface area (Å²) in [5, 5.41) is 2.98. The molecular weight excluding hydrogens is 478 g/mol. The molecule has 11 heteroatoms. The Hall–Kier alpha value is -2.11. The number of carbonyl (C=O) groups is 2. The van der Waals surface area contributed by atoms with Gasteiger partial charge in [0.2, 0.25) is 5.91 Å². The molecule has 1 aromatic carbocycles. The first-order chi connectivity index (χ1) is 14.8. The number of Topliss-reactive ketones (excluding diaryl/α,β-unsaturated/α-hetero) is 1. The van der Waals surface area contributed by atoms with Crippen molar-refractivity contribution >= 4 is 61.1 Å². The zero-order valence-electron chi connectivity index (χ0n) is 16.4. The normalized spacial score (nSPS) is 17.0. The van der Waals surface area contributed by atoms with Crippen molar-refractivity contribution in [3.63, 3.8) is 0 Å². The van der Waals surface area contributed by atoms with Crippen LogP contribution in [0, 0.1) is 0 Å². The average Bonchev–Trinajstić information content (AvgIpc) is 3.48. The second kappa shape index (κ2) is 8.79. The number of nitrogens with zero attached hydrogens (tertiary/aromatic N) is 2. The number of amides is 1. The van der Waals surface area contributed by atoms with Crippen LogP contribution in [0.15, 0.2) is 46.7 Å². The first kappa shape index (κ1) is 22.1. The van der Waals surface area contributed by atoms with E-state index in [9.17, 15) is 18.0 Å². The number of ketones is 1. The van der Waals surface area contributed by atoms with Gasteiger partial charge in [-0.2, -0.15) is 4.31 Å². The third kappa shape index (κ3) is 4.44. The van der Waals surface area contributed by atoms with Crippen LogP contribution >= 0.6 is 34.3 Å². The predicted molar refractivity (Wildman–Crippen MR) is 122 cm³/mol. The minimum atomic E-state index is -3.83. The molecule has 4 rings (SSSR count). The number of thiazole rings is 1. The number of rotatable bonds is 6. The molecule has 1 aliphatic rings. The predicted octanol–water partition coefficient (Wildman–Crippen LogP) is 4.52. The molecule has 1 atom stereocenters. The van der Waals surface area contributed by atoms with Gasteiger partial charge in [0.1, 0.15) is 10.3 Å². The van der Waals surface area contributed by atoms with Gasteiger partial charge in [-0.3, -0.25) is 9.59 Å². The fourth-order valence-electron chi connectivity index (χ4n) is 3.43. The number of carbonyl (C=O) groups excluding carboxylic acids is 2. The monoisotopic (exact) mass is 495 g/mol. The Morgan fingerprint density at radius 1 is 1.16 bits per heavy atom. The number of halogens is 1. The summed E-state index contributed by atoms with van der Waals surface area (Å²) in [5.41, 5.74) is 1.27. The molecule has 0 saturated carbocycles. The van der Waals surface area contributed by atoms with E-state index in [1.165, 1.54) is 23.4 Å². The van der Waals surface area contributed by atoms with Crippen LogP contribution in [0.1, 0.15) is 29.4 Å². The SMILES string of the molecule is CC(=O)c1sc(NC(=O)[C@H]2CCCN2S(=O)(=O)c2ccc(Cl)s2)nc1-c1ccccc1. The second-order valence-electron chi connectivity index (χ2n) is 6.94. The van der Waals surface area contributed by atoms with E-state index in [0.717, 1.165) is 28.2 Å². The van der Waals surface area contributed by atoms with Gasteiger partial charge >= 0.3 is 0 Å². The molecule has 1 amide bonds. The van der Waals surface area contributed by atoms with Crippen LogP contribution in [-0.4, -0.2) is 42.0 Å². The summed E-state index contributed by atoms with van der Waals surface area (Å²) < 4.78 is 27.7. The van der Waals surface area contributed by atoms with Crippen LogP contribution in [0.4, 0.5) is 5.13 Å². The topological polar surface area (TPSA) is 96.4 Å². The van der Waals surface area contributed by atoms with Crippen molar-refractivity contribution < 1.29 is 18.0 Å². The highest BCUT2D eigenvalue weighted by molar-refractivity contribution is 7.91. The van der Waals surface area contributed by atoms with Gasteiger partial charge in [0.05, 0.1) is 14.9 Å². The lowest BCUT2D eigenvalue weighted by Crippen LogP contribution is -2.42. The van der Waals surface area contributed by atoms with Crippen molar-refractivity contribution in [1.29, 1.82) is 0 Å². The van der Waals surface area contributed by atoms with E-state index >= 15 is 0 Å². The van der Waals surface area contributed by atoms with Crippen molar-refractivity contribution in [2.75, 3.05) is 11.9 Å². The molecule has 0 aliphatic carbocycles. The Morgan fingerprint density at radius 3 is 2.55 bits per heavy atom. The smallest absolute Gasteiger partial charge is 0.253 e. The molecule has 1 N–H and O–H groups in total. The van der Waals surface area contributed by atoms with Crippen molar-refractivity contribution in [3.8, 4) is 11.3 Å². The maximum Gasteiger partial charge on any atom is 0.253 e. The van der Waals surface area contributed by atoms with Gasteiger partial charge < -0.3 is 5.32 Å². The molecule has 1 aliphatic heterocycles. The van der Waals surface area contributed by atoms with Gasteiger partial charge in [-0.1, -0.05) is 53.3 Å². The van der Waals surface area contributed by atoms with Gasteiger partial charge in [0.25, 0.3) is 10.0 Å². The maximum atomic E-state index is 13.0. The summed E-state index contributed by atoms with van der Waals surface area (Å²) in [7, 11) is -3.83. The van der Waals surface area contributed by atoms with Gasteiger partial charge in [-0.15, -0.1) is 11.3 Å². The summed E-state index contributed by atoms with van der Waals surface area (Å²) in [6.07, 6.45) is 0.975. The van der Waals surface area contributed by atoms with E-state index in [0.29, 0.717) is 27.7 Å². The third-order valence-corrected chi connectivity index (χ3v) is 9.52. The summed E-state index contributed by atoms with van der Waals surface area (Å²) in [4.78, 5) is 30.0. The molecule has 2 aromatic heterocycles. The fourth-order valence-corrected chi connectivity index (χ4v) is 7.59. The zero-order chi connectivity index (χ0) is 22.2. The highest BCUT2D eigenvalue weighted by Gasteiger charge is 2.40. The summed E-state index contributed by atoms with van der Waals surface area (Å²) in [6.45, 7) is 1.70. The maximum absolute atomic E-state index is 13.0. The van der Waals surface area contributed by atoms with Crippen LogP contribution < -0.4 is 5.32 Å². The Labute approximate surface area is 192 Å². The number of sulfonamides is 1. The lowest BCUT2D eigenvalue weighted by molar-refractivity contribution is -0.119. The van der Waals surface area contributed by atoms with Crippen LogP contribution in [0.5, 0.6) is 0 Å². The highest BCUT2D eigenvalue weighted by Crippen LogP contribution is 2.34. The Morgan fingerprint density at radius 2 is 1.90 bits per heavy atom. The van der Waals surface area contributed by atoms with Crippen LogP contribution in [0.2, 0.25) is 4.34 Å². The molecule has 3 heterocycles. The molecule has 162 valence electrons. The zero-order valence-corrected chi connectivity index (χ0v) is 19.6. The van der Waals surface area contributed by atoms with E-state index in [-0.39, 0.29) is 21.7 Å². The van der Waals surface area contributed by atoms with E-state index < -0.39 is 22.0 Å².